The van der Waals surface area contributed by atoms with Gasteiger partial charge >= 0.3 is 5.97 Å². The van der Waals surface area contributed by atoms with Gasteiger partial charge in [-0.1, -0.05) is 36.4 Å². The fourth-order valence-corrected chi connectivity index (χ4v) is 2.62. The summed E-state index contributed by atoms with van der Waals surface area (Å²) in [6.45, 7) is -0.512. The minimum atomic E-state index is -1.20. The Morgan fingerprint density at radius 3 is 1.48 bits per heavy atom. The Labute approximate surface area is 178 Å². The summed E-state index contributed by atoms with van der Waals surface area (Å²) in [4.78, 5) is 35.8. The number of ether oxygens (including phenoxy) is 2. The first kappa shape index (κ1) is 21.4. The van der Waals surface area contributed by atoms with Crippen LogP contribution in [0.15, 0.2) is 78.9 Å². The summed E-state index contributed by atoms with van der Waals surface area (Å²) in [5.41, 5.74) is 0.322. The van der Waals surface area contributed by atoms with Gasteiger partial charge in [-0.15, -0.1) is 0 Å². The minimum absolute atomic E-state index is 0.0962. The van der Waals surface area contributed by atoms with Crippen LogP contribution in [0.1, 0.15) is 10.4 Å². The van der Waals surface area contributed by atoms with Crippen molar-refractivity contribution in [1.82, 2.24) is 0 Å². The molecular formula is C23H20N2O6. The molecule has 0 saturated carbocycles. The molecule has 0 aliphatic rings. The van der Waals surface area contributed by atoms with Gasteiger partial charge in [0.15, 0.2) is 13.2 Å². The van der Waals surface area contributed by atoms with Crippen molar-refractivity contribution in [2.24, 2.45) is 0 Å². The number of carbonyl (C=O) groups is 3. The quantitative estimate of drug-likeness (QED) is 0.489. The number of nitrogens with one attached hydrogen (secondary N) is 2. The zero-order valence-corrected chi connectivity index (χ0v) is 16.4. The Morgan fingerprint density at radius 2 is 1.10 bits per heavy atom. The Bertz CT molecular complexity index is 978. The lowest BCUT2D eigenvalue weighted by Crippen LogP contribution is -2.22. The van der Waals surface area contributed by atoms with Gasteiger partial charge in [-0.25, -0.2) is 4.79 Å². The number of aromatic carboxylic acids is 1. The first-order chi connectivity index (χ1) is 15.0. The average Bonchev–Trinajstić information content (AvgIpc) is 2.77. The molecule has 0 aromatic heterocycles. The average molecular weight is 420 g/mol. The lowest BCUT2D eigenvalue weighted by atomic mass is 10.1. The third-order valence-electron chi connectivity index (χ3n) is 3.97. The second-order valence-electron chi connectivity index (χ2n) is 6.40. The number of hydrogen-bond donors (Lipinski definition) is 3. The number of carboxylic acid groups (broad SMARTS) is 1. The van der Waals surface area contributed by atoms with Crippen LogP contribution >= 0.6 is 0 Å². The van der Waals surface area contributed by atoms with Crippen molar-refractivity contribution in [3.05, 3.63) is 84.4 Å². The van der Waals surface area contributed by atoms with E-state index >= 15 is 0 Å². The van der Waals surface area contributed by atoms with Crippen molar-refractivity contribution in [2.45, 2.75) is 0 Å². The lowest BCUT2D eigenvalue weighted by Gasteiger charge is -2.12. The number of carboxylic acids is 1. The molecule has 0 radical (unpaired) electrons. The molecular weight excluding hydrogens is 400 g/mol. The summed E-state index contributed by atoms with van der Waals surface area (Å²) in [7, 11) is 0. The van der Waals surface area contributed by atoms with Crippen molar-refractivity contribution < 1.29 is 29.0 Å². The summed E-state index contributed by atoms with van der Waals surface area (Å²) >= 11 is 0. The number of para-hydroxylation sites is 2. The maximum absolute atomic E-state index is 12.2. The third-order valence-corrected chi connectivity index (χ3v) is 3.97. The van der Waals surface area contributed by atoms with E-state index in [-0.39, 0.29) is 30.2 Å². The summed E-state index contributed by atoms with van der Waals surface area (Å²) in [5.74, 6) is -1.09. The van der Waals surface area contributed by atoms with Crippen LogP contribution in [0.5, 0.6) is 11.5 Å². The van der Waals surface area contributed by atoms with Crippen LogP contribution in [0.25, 0.3) is 0 Å². The molecule has 0 unspecified atom stereocenters. The lowest BCUT2D eigenvalue weighted by molar-refractivity contribution is -0.118. The zero-order valence-electron chi connectivity index (χ0n) is 16.4. The third kappa shape index (κ3) is 6.90. The van der Waals surface area contributed by atoms with Crippen molar-refractivity contribution >= 4 is 29.2 Å². The molecule has 0 bridgehead atoms. The van der Waals surface area contributed by atoms with Crippen LogP contribution < -0.4 is 20.1 Å². The van der Waals surface area contributed by atoms with E-state index in [2.05, 4.69) is 10.6 Å². The van der Waals surface area contributed by atoms with Gasteiger partial charge in [-0.3, -0.25) is 9.59 Å². The van der Waals surface area contributed by atoms with Gasteiger partial charge in [0.2, 0.25) is 0 Å². The van der Waals surface area contributed by atoms with E-state index in [1.165, 1.54) is 18.2 Å². The number of rotatable bonds is 9. The maximum Gasteiger partial charge on any atom is 0.335 e. The van der Waals surface area contributed by atoms with Gasteiger partial charge in [0.1, 0.15) is 11.5 Å². The highest BCUT2D eigenvalue weighted by Crippen LogP contribution is 2.20. The molecule has 0 fully saturated rings. The molecule has 0 heterocycles. The van der Waals surface area contributed by atoms with Crippen molar-refractivity contribution in [2.75, 3.05) is 23.8 Å². The van der Waals surface area contributed by atoms with E-state index in [0.29, 0.717) is 11.5 Å². The Hall–Kier alpha value is -4.33. The normalized spacial score (nSPS) is 10.1. The number of benzene rings is 3. The molecule has 158 valence electrons. The standard InChI is InChI=1S/C23H20N2O6/c26-21(14-30-19-7-3-1-4-8-19)24-17-11-16(23(28)29)12-18(13-17)25-22(27)15-31-20-9-5-2-6-10-20/h1-13H,14-15H2,(H,24,26)(H,25,27)(H,28,29). The largest absolute Gasteiger partial charge is 0.484 e. The molecule has 3 aromatic carbocycles. The highest BCUT2D eigenvalue weighted by atomic mass is 16.5. The SMILES string of the molecule is O=C(COc1ccccc1)Nc1cc(NC(=O)COc2ccccc2)cc(C(=O)O)c1. The van der Waals surface area contributed by atoms with Crippen molar-refractivity contribution in [3.63, 3.8) is 0 Å². The van der Waals surface area contributed by atoms with Crippen LogP contribution in [0.4, 0.5) is 11.4 Å². The summed E-state index contributed by atoms with van der Waals surface area (Å²) in [6.07, 6.45) is 0. The van der Waals surface area contributed by atoms with E-state index in [9.17, 15) is 19.5 Å². The maximum atomic E-state index is 12.2. The molecule has 0 aliphatic carbocycles. The number of hydrogen-bond acceptors (Lipinski definition) is 5. The van der Waals surface area contributed by atoms with Gasteiger partial charge in [0.05, 0.1) is 5.56 Å². The number of anilines is 2. The Morgan fingerprint density at radius 1 is 0.677 bits per heavy atom. The second kappa shape index (κ2) is 10.4. The first-order valence-corrected chi connectivity index (χ1v) is 9.33. The molecule has 0 saturated heterocycles. The van der Waals surface area contributed by atoms with Gasteiger partial charge in [0, 0.05) is 11.4 Å². The van der Waals surface area contributed by atoms with Crippen LogP contribution in [0.2, 0.25) is 0 Å². The predicted molar refractivity (Wildman–Crippen MR) is 115 cm³/mol. The monoisotopic (exact) mass is 420 g/mol. The van der Waals surface area contributed by atoms with Gasteiger partial charge in [0.25, 0.3) is 11.8 Å². The smallest absolute Gasteiger partial charge is 0.335 e. The van der Waals surface area contributed by atoms with Crippen molar-refractivity contribution in [3.8, 4) is 11.5 Å². The van der Waals surface area contributed by atoms with Gasteiger partial charge in [-0.2, -0.15) is 0 Å². The molecule has 3 aromatic rings. The molecule has 8 nitrogen and oxygen atoms in total. The van der Waals surface area contributed by atoms with E-state index in [1.807, 2.05) is 12.1 Å². The van der Waals surface area contributed by atoms with Crippen LogP contribution in [-0.4, -0.2) is 36.1 Å². The van der Waals surface area contributed by atoms with Gasteiger partial charge in [-0.05, 0) is 42.5 Å². The van der Waals surface area contributed by atoms with E-state index in [4.69, 9.17) is 9.47 Å². The molecule has 0 aliphatic heterocycles. The van der Waals surface area contributed by atoms with E-state index in [0.717, 1.165) is 0 Å². The minimum Gasteiger partial charge on any atom is -0.484 e. The summed E-state index contributed by atoms with van der Waals surface area (Å²) < 4.78 is 10.7. The number of amides is 2. The van der Waals surface area contributed by atoms with Crippen LogP contribution in [0.3, 0.4) is 0 Å². The van der Waals surface area contributed by atoms with E-state index in [1.54, 1.807) is 48.5 Å². The predicted octanol–water partition coefficient (Wildman–Crippen LogP) is 3.42. The van der Waals surface area contributed by atoms with Crippen LogP contribution in [0, 0.1) is 0 Å². The Balaban J connectivity index is 1.62. The molecule has 0 spiro atoms. The molecule has 0 atom stereocenters. The fourth-order valence-electron chi connectivity index (χ4n) is 2.62. The first-order valence-electron chi connectivity index (χ1n) is 9.33. The molecule has 3 N–H and O–H groups in total. The summed E-state index contributed by atoms with van der Waals surface area (Å²) in [5, 5.41) is 14.5. The topological polar surface area (TPSA) is 114 Å². The zero-order chi connectivity index (χ0) is 22.1. The van der Waals surface area contributed by atoms with E-state index < -0.39 is 17.8 Å². The van der Waals surface area contributed by atoms with Gasteiger partial charge < -0.3 is 25.2 Å². The summed E-state index contributed by atoms with van der Waals surface area (Å²) in [6, 6.07) is 21.6. The molecule has 8 heteroatoms. The fraction of sp³-hybridized carbons (Fsp3) is 0.0870. The number of carbonyl (C=O) groups excluding carboxylic acids is 2. The highest BCUT2D eigenvalue weighted by molar-refractivity contribution is 5.98. The highest BCUT2D eigenvalue weighted by Gasteiger charge is 2.12. The molecule has 2 amide bonds. The molecule has 3 rings (SSSR count). The molecule has 31 heavy (non-hydrogen) atoms. The van der Waals surface area contributed by atoms with Crippen molar-refractivity contribution in [1.29, 1.82) is 0 Å². The van der Waals surface area contributed by atoms with Crippen LogP contribution in [-0.2, 0) is 9.59 Å². The Kier molecular flexibility index (Phi) is 7.21. The second-order valence-corrected chi connectivity index (χ2v) is 6.40.